The zero-order valence-electron chi connectivity index (χ0n) is 18.1. The molecule has 2 unspecified atom stereocenters. The third kappa shape index (κ3) is 3.60. The van der Waals surface area contributed by atoms with Gasteiger partial charge in [0.05, 0.1) is 13.5 Å². The number of hydrogen-bond donors (Lipinski definition) is 1. The Hall–Kier alpha value is -3.20. The van der Waals surface area contributed by atoms with Crippen LogP contribution in [0.5, 0.6) is 5.75 Å². The maximum atomic E-state index is 13.1. The Morgan fingerprint density at radius 3 is 2.55 bits per heavy atom. The van der Waals surface area contributed by atoms with E-state index in [1.165, 1.54) is 4.90 Å². The van der Waals surface area contributed by atoms with Gasteiger partial charge in [0.2, 0.25) is 5.91 Å². The molecule has 2 aromatic carbocycles. The highest BCUT2D eigenvalue weighted by atomic mass is 32.2. The van der Waals surface area contributed by atoms with Crippen molar-refractivity contribution in [3.8, 4) is 5.75 Å². The summed E-state index contributed by atoms with van der Waals surface area (Å²) in [4.78, 5) is 40.1. The van der Waals surface area contributed by atoms with Crippen LogP contribution in [-0.4, -0.2) is 56.7 Å². The molecule has 0 saturated carbocycles. The van der Waals surface area contributed by atoms with Crippen molar-refractivity contribution in [2.24, 2.45) is 5.92 Å². The molecule has 4 aliphatic rings. The molecule has 0 aliphatic carbocycles. The van der Waals surface area contributed by atoms with Gasteiger partial charge in [-0.1, -0.05) is 42.5 Å². The molecular formula is C24H24N2O6S. The molecule has 5 atom stereocenters. The van der Waals surface area contributed by atoms with Crippen LogP contribution in [-0.2, 0) is 42.9 Å². The largest absolute Gasteiger partial charge is 0.497 e. The van der Waals surface area contributed by atoms with Gasteiger partial charge in [-0.15, -0.1) is 0 Å². The first-order valence-electron chi connectivity index (χ1n) is 10.8. The van der Waals surface area contributed by atoms with Gasteiger partial charge in [-0.05, 0) is 29.7 Å². The highest BCUT2D eigenvalue weighted by molar-refractivity contribution is 7.86. The number of nitrogens with zero attached hydrogens (tertiary/aromatic N) is 1. The van der Waals surface area contributed by atoms with Crippen molar-refractivity contribution in [2.75, 3.05) is 12.9 Å². The topological polar surface area (TPSA) is 102 Å². The van der Waals surface area contributed by atoms with Crippen molar-refractivity contribution in [1.82, 2.24) is 10.2 Å². The second-order valence-electron chi connectivity index (χ2n) is 8.66. The molecular weight excluding hydrogens is 444 g/mol. The van der Waals surface area contributed by atoms with Crippen LogP contribution in [0.15, 0.2) is 54.6 Å². The van der Waals surface area contributed by atoms with Gasteiger partial charge < -0.3 is 19.7 Å². The maximum absolute atomic E-state index is 13.1. The molecule has 4 heterocycles. The summed E-state index contributed by atoms with van der Waals surface area (Å²) < 4.78 is 23.4. The molecule has 33 heavy (non-hydrogen) atoms. The van der Waals surface area contributed by atoms with Gasteiger partial charge in [0.25, 0.3) is 5.91 Å². The van der Waals surface area contributed by atoms with Crippen LogP contribution in [0.2, 0.25) is 0 Å². The highest BCUT2D eigenvalue weighted by Gasteiger charge is 2.75. The number of piperidine rings is 2. The van der Waals surface area contributed by atoms with E-state index < -0.39 is 33.7 Å². The van der Waals surface area contributed by atoms with Crippen LogP contribution < -0.4 is 10.1 Å². The lowest BCUT2D eigenvalue weighted by molar-refractivity contribution is -0.189. The van der Waals surface area contributed by atoms with Gasteiger partial charge in [0.15, 0.2) is 5.54 Å². The first-order chi connectivity index (χ1) is 15.9. The Bertz CT molecular complexity index is 1120. The Kier molecular flexibility index (Phi) is 5.44. The number of methoxy groups -OCH3 is 1. The van der Waals surface area contributed by atoms with Crippen LogP contribution in [0.25, 0.3) is 0 Å². The quantitative estimate of drug-likeness (QED) is 0.483. The number of hydrogen-bond acceptors (Lipinski definition) is 6. The Labute approximate surface area is 193 Å². The standard InChI is InChI=1S/C24H24N2O6S/c1-31-18-9-7-16(8-10-18)13-32-21(28)20-17-12-24(22(29)26(20)23(24)33(30)14-17)25-19(27)11-15-5-3-2-4-6-15/h2-10,17,20,23H,11-14H2,1H3,(H,25,27)/t17?,20-,23-,24?,33+/m1/s1. The monoisotopic (exact) mass is 468 g/mol. The van der Waals surface area contributed by atoms with Crippen molar-refractivity contribution >= 4 is 28.6 Å². The predicted octanol–water partition coefficient (Wildman–Crippen LogP) is 1.16. The molecule has 9 heteroatoms. The van der Waals surface area contributed by atoms with Crippen molar-refractivity contribution in [2.45, 2.75) is 36.4 Å². The number of carbonyl (C=O) groups is 3. The van der Waals surface area contributed by atoms with Gasteiger partial charge in [-0.2, -0.15) is 0 Å². The first-order valence-corrected chi connectivity index (χ1v) is 12.2. The summed E-state index contributed by atoms with van der Waals surface area (Å²) in [5, 5.41) is 2.16. The zero-order chi connectivity index (χ0) is 23.2. The number of nitrogens with one attached hydrogen (secondary N) is 1. The van der Waals surface area contributed by atoms with Crippen LogP contribution >= 0.6 is 0 Å². The number of benzene rings is 2. The molecule has 0 aromatic heterocycles. The molecule has 4 aliphatic heterocycles. The molecule has 6 rings (SSSR count). The number of esters is 1. The molecule has 4 bridgehead atoms. The highest BCUT2D eigenvalue weighted by Crippen LogP contribution is 2.52. The van der Waals surface area contributed by atoms with Crippen LogP contribution in [0.4, 0.5) is 0 Å². The van der Waals surface area contributed by atoms with Crippen LogP contribution in [0.1, 0.15) is 17.5 Å². The molecule has 172 valence electrons. The van der Waals surface area contributed by atoms with Crippen molar-refractivity contribution < 1.29 is 28.1 Å². The summed E-state index contributed by atoms with van der Waals surface area (Å²) in [7, 11) is 0.231. The number of carbonyl (C=O) groups excluding carboxylic acids is 3. The number of rotatable bonds is 7. The van der Waals surface area contributed by atoms with E-state index in [-0.39, 0.29) is 30.8 Å². The minimum Gasteiger partial charge on any atom is -0.497 e. The van der Waals surface area contributed by atoms with Crippen molar-refractivity contribution in [3.05, 3.63) is 65.7 Å². The second-order valence-corrected chi connectivity index (χ2v) is 10.2. The Morgan fingerprint density at radius 1 is 1.12 bits per heavy atom. The van der Waals surface area contributed by atoms with Gasteiger partial charge >= 0.3 is 5.97 Å². The molecule has 2 amide bonds. The molecule has 1 N–H and O–H groups in total. The van der Waals surface area contributed by atoms with E-state index in [0.717, 1.165) is 11.1 Å². The average molecular weight is 469 g/mol. The third-order valence-electron chi connectivity index (χ3n) is 6.60. The van der Waals surface area contributed by atoms with E-state index in [0.29, 0.717) is 17.9 Å². The summed E-state index contributed by atoms with van der Waals surface area (Å²) in [6.07, 6.45) is 0.425. The summed E-state index contributed by atoms with van der Waals surface area (Å²) >= 11 is 0. The molecule has 0 spiro atoms. The minimum atomic E-state index is -1.34. The van der Waals surface area contributed by atoms with Crippen LogP contribution in [0.3, 0.4) is 0 Å². The SMILES string of the molecule is COc1ccc(COC(=O)[C@H]2C3C[S@](=O)[C@H]4N2C(=O)C4(NC(=O)Cc2ccccc2)C3)cc1. The lowest BCUT2D eigenvalue weighted by Crippen LogP contribution is -2.90. The minimum absolute atomic E-state index is 0.0702. The molecule has 4 fully saturated rings. The molecule has 2 aromatic rings. The fraction of sp³-hybridized carbons (Fsp3) is 0.375. The maximum Gasteiger partial charge on any atom is 0.329 e. The zero-order valence-corrected chi connectivity index (χ0v) is 18.9. The molecule has 4 saturated heterocycles. The third-order valence-corrected chi connectivity index (χ3v) is 8.48. The van der Waals surface area contributed by atoms with E-state index in [2.05, 4.69) is 5.32 Å². The van der Waals surface area contributed by atoms with Gasteiger partial charge in [-0.25, -0.2) is 4.79 Å². The summed E-state index contributed by atoms with van der Waals surface area (Å²) in [5.41, 5.74) is 0.440. The van der Waals surface area contributed by atoms with Crippen molar-refractivity contribution in [1.29, 1.82) is 0 Å². The number of amides is 2. The number of β-lactam (4-membered cyclic amide) rings is 1. The van der Waals surface area contributed by atoms with Gasteiger partial charge in [-0.3, -0.25) is 13.8 Å². The summed E-state index contributed by atoms with van der Waals surface area (Å²) in [6, 6.07) is 15.6. The van der Waals surface area contributed by atoms with Gasteiger partial charge in [0, 0.05) is 22.5 Å². The fourth-order valence-electron chi connectivity index (χ4n) is 5.14. The van der Waals surface area contributed by atoms with E-state index in [1.807, 2.05) is 30.3 Å². The molecule has 0 radical (unpaired) electrons. The van der Waals surface area contributed by atoms with Gasteiger partial charge in [0.1, 0.15) is 23.8 Å². The molecule has 8 nitrogen and oxygen atoms in total. The lowest BCUT2D eigenvalue weighted by Gasteiger charge is -2.66. The number of fused-ring (bicyclic) bond motifs is 1. The first kappa shape index (κ1) is 21.6. The van der Waals surface area contributed by atoms with E-state index in [1.54, 1.807) is 31.4 Å². The number of ether oxygens (including phenoxy) is 2. The van der Waals surface area contributed by atoms with E-state index in [9.17, 15) is 18.6 Å². The smallest absolute Gasteiger partial charge is 0.329 e. The Balaban J connectivity index is 1.26. The normalized spacial score (nSPS) is 29.2. The second kappa shape index (κ2) is 8.30. The Morgan fingerprint density at radius 2 is 1.85 bits per heavy atom. The summed E-state index contributed by atoms with van der Waals surface area (Å²) in [5.74, 6) is -0.466. The summed E-state index contributed by atoms with van der Waals surface area (Å²) in [6.45, 7) is 0.0702. The van der Waals surface area contributed by atoms with E-state index in [4.69, 9.17) is 9.47 Å². The lowest BCUT2D eigenvalue weighted by atomic mass is 9.69. The van der Waals surface area contributed by atoms with Crippen molar-refractivity contribution in [3.63, 3.8) is 0 Å². The van der Waals surface area contributed by atoms with Crippen LogP contribution in [0, 0.1) is 5.92 Å². The fourth-order valence-corrected chi connectivity index (χ4v) is 7.23. The predicted molar refractivity (Wildman–Crippen MR) is 119 cm³/mol. The van der Waals surface area contributed by atoms with E-state index >= 15 is 0 Å². The average Bonchev–Trinajstić information content (AvgIpc) is 2.82.